The van der Waals surface area contributed by atoms with E-state index in [1.54, 1.807) is 18.2 Å². The first-order valence-electron chi connectivity index (χ1n) is 6.34. The highest BCUT2D eigenvalue weighted by atomic mass is 35.5. The van der Waals surface area contributed by atoms with Crippen LogP contribution < -0.4 is 16.4 Å². The molecule has 0 saturated carbocycles. The molecule has 0 fully saturated rings. The number of hydrogen-bond acceptors (Lipinski definition) is 3. The topological polar surface area (TPSA) is 84.2 Å². The second-order valence-electron chi connectivity index (χ2n) is 5.51. The highest BCUT2D eigenvalue weighted by Gasteiger charge is 2.16. The molecule has 0 bridgehead atoms. The summed E-state index contributed by atoms with van der Waals surface area (Å²) in [6.07, 6.45) is 0.202. The number of benzene rings is 1. The van der Waals surface area contributed by atoms with Crippen LogP contribution in [0, 0.1) is 0 Å². The van der Waals surface area contributed by atoms with E-state index in [0.717, 1.165) is 0 Å². The van der Waals surface area contributed by atoms with Crippen molar-refractivity contribution in [1.82, 2.24) is 10.6 Å². The number of amides is 2. The quantitative estimate of drug-likeness (QED) is 0.743. The van der Waals surface area contributed by atoms with Crippen molar-refractivity contribution < 1.29 is 9.59 Å². The second-order valence-corrected chi connectivity index (χ2v) is 5.92. The fraction of sp³-hybridized carbons (Fsp3) is 0.429. The van der Waals surface area contributed by atoms with Gasteiger partial charge in [-0.25, -0.2) is 0 Å². The lowest BCUT2D eigenvalue weighted by atomic mass is 10.1. The lowest BCUT2D eigenvalue weighted by Crippen LogP contribution is -2.42. The lowest BCUT2D eigenvalue weighted by Gasteiger charge is -2.20. The summed E-state index contributed by atoms with van der Waals surface area (Å²) in [4.78, 5) is 23.5. The molecule has 2 amide bonds. The number of hydrogen-bond donors (Lipinski definition) is 3. The summed E-state index contributed by atoms with van der Waals surface area (Å²) in [5, 5.41) is 5.74. The molecule has 0 radical (unpaired) electrons. The van der Waals surface area contributed by atoms with E-state index in [0.29, 0.717) is 10.7 Å². The maximum atomic E-state index is 11.9. The van der Waals surface area contributed by atoms with E-state index in [1.165, 1.54) is 0 Å². The molecule has 1 aromatic carbocycles. The predicted molar refractivity (Wildman–Crippen MR) is 80.7 cm³/mol. The van der Waals surface area contributed by atoms with Crippen molar-refractivity contribution in [3.05, 3.63) is 28.8 Å². The van der Waals surface area contributed by atoms with E-state index in [-0.39, 0.29) is 35.9 Å². The number of nitrogens with two attached hydrogens (primary N) is 1. The van der Waals surface area contributed by atoms with Crippen LogP contribution in [0.3, 0.4) is 0 Å². The Hall–Kier alpha value is -1.75. The molecule has 110 valence electrons. The fourth-order valence-electron chi connectivity index (χ4n) is 1.64. The number of rotatable bonds is 4. The van der Waals surface area contributed by atoms with Crippen LogP contribution in [0.2, 0.25) is 5.02 Å². The Bertz CT molecular complexity index is 489. The first-order chi connectivity index (χ1) is 9.20. The Kier molecular flexibility index (Phi) is 5.39. The van der Waals surface area contributed by atoms with E-state index in [2.05, 4.69) is 10.6 Å². The van der Waals surface area contributed by atoms with Gasteiger partial charge in [0, 0.05) is 24.2 Å². The Morgan fingerprint density at radius 1 is 1.30 bits per heavy atom. The molecular formula is C14H20ClN3O2. The molecule has 4 N–H and O–H groups in total. The Labute approximate surface area is 123 Å². The highest BCUT2D eigenvalue weighted by Crippen LogP contribution is 2.21. The first-order valence-corrected chi connectivity index (χ1v) is 6.71. The largest absolute Gasteiger partial charge is 0.398 e. The summed E-state index contributed by atoms with van der Waals surface area (Å²) >= 11 is 5.93. The van der Waals surface area contributed by atoms with Crippen LogP contribution in [0.5, 0.6) is 0 Å². The summed E-state index contributed by atoms with van der Waals surface area (Å²) in [5.74, 6) is -0.499. The third-order valence-electron chi connectivity index (χ3n) is 2.42. The zero-order valence-corrected chi connectivity index (χ0v) is 12.7. The summed E-state index contributed by atoms with van der Waals surface area (Å²) in [6, 6.07) is 4.87. The SMILES string of the molecule is CC(C)(C)NC(=O)CCNC(=O)c1c(N)cccc1Cl. The van der Waals surface area contributed by atoms with Gasteiger partial charge in [-0.1, -0.05) is 17.7 Å². The monoisotopic (exact) mass is 297 g/mol. The summed E-state index contributed by atoms with van der Waals surface area (Å²) in [6.45, 7) is 5.92. The predicted octanol–water partition coefficient (Wildman–Crippen LogP) is 1.96. The Morgan fingerprint density at radius 2 is 1.95 bits per heavy atom. The van der Waals surface area contributed by atoms with Crippen LogP contribution in [-0.4, -0.2) is 23.9 Å². The Balaban J connectivity index is 2.51. The number of halogens is 1. The standard InChI is InChI=1S/C14H20ClN3O2/c1-14(2,3)18-11(19)7-8-17-13(20)12-9(15)5-4-6-10(12)16/h4-6H,7-8,16H2,1-3H3,(H,17,20)(H,18,19). The van der Waals surface area contributed by atoms with Gasteiger partial charge in [-0.3, -0.25) is 9.59 Å². The minimum atomic E-state index is -0.378. The average Bonchev–Trinajstić information content (AvgIpc) is 2.26. The van der Waals surface area contributed by atoms with E-state index in [9.17, 15) is 9.59 Å². The third kappa shape index (κ3) is 5.09. The molecule has 20 heavy (non-hydrogen) atoms. The maximum absolute atomic E-state index is 11.9. The van der Waals surface area contributed by atoms with Crippen molar-refractivity contribution in [1.29, 1.82) is 0 Å². The van der Waals surface area contributed by atoms with Gasteiger partial charge in [0.1, 0.15) is 0 Å². The smallest absolute Gasteiger partial charge is 0.254 e. The van der Waals surface area contributed by atoms with Gasteiger partial charge in [-0.15, -0.1) is 0 Å². The molecule has 0 aromatic heterocycles. The first kappa shape index (κ1) is 16.3. The Morgan fingerprint density at radius 3 is 2.50 bits per heavy atom. The zero-order valence-electron chi connectivity index (χ0n) is 11.9. The molecule has 0 saturated heterocycles. The van der Waals surface area contributed by atoms with Gasteiger partial charge in [0.15, 0.2) is 0 Å². The number of carbonyl (C=O) groups excluding carboxylic acids is 2. The van der Waals surface area contributed by atoms with Gasteiger partial charge < -0.3 is 16.4 Å². The van der Waals surface area contributed by atoms with Gasteiger partial charge in [0.2, 0.25) is 5.91 Å². The highest BCUT2D eigenvalue weighted by molar-refractivity contribution is 6.34. The maximum Gasteiger partial charge on any atom is 0.254 e. The van der Waals surface area contributed by atoms with Crippen molar-refractivity contribution in [2.75, 3.05) is 12.3 Å². The van der Waals surface area contributed by atoms with E-state index >= 15 is 0 Å². The lowest BCUT2D eigenvalue weighted by molar-refractivity contribution is -0.122. The van der Waals surface area contributed by atoms with Crippen molar-refractivity contribution in [2.24, 2.45) is 0 Å². The summed E-state index contributed by atoms with van der Waals surface area (Å²) < 4.78 is 0. The molecule has 0 aliphatic heterocycles. The second kappa shape index (κ2) is 6.61. The molecule has 0 aliphatic carbocycles. The number of carbonyl (C=O) groups is 2. The van der Waals surface area contributed by atoms with E-state index in [1.807, 2.05) is 20.8 Å². The van der Waals surface area contributed by atoms with Crippen molar-refractivity contribution in [2.45, 2.75) is 32.7 Å². The minimum Gasteiger partial charge on any atom is -0.398 e. The zero-order chi connectivity index (χ0) is 15.3. The molecule has 0 heterocycles. The van der Waals surface area contributed by atoms with Crippen molar-refractivity contribution in [3.63, 3.8) is 0 Å². The van der Waals surface area contributed by atoms with Crippen LogP contribution in [0.4, 0.5) is 5.69 Å². The van der Waals surface area contributed by atoms with Crippen LogP contribution in [0.1, 0.15) is 37.6 Å². The molecule has 0 unspecified atom stereocenters. The molecule has 0 atom stereocenters. The minimum absolute atomic E-state index is 0.120. The molecule has 1 rings (SSSR count). The number of nitrogens with one attached hydrogen (secondary N) is 2. The van der Waals surface area contributed by atoms with Crippen LogP contribution in [0.25, 0.3) is 0 Å². The number of anilines is 1. The number of nitrogen functional groups attached to an aromatic ring is 1. The summed E-state index contributed by atoms with van der Waals surface area (Å²) in [7, 11) is 0. The van der Waals surface area contributed by atoms with Crippen molar-refractivity contribution in [3.8, 4) is 0 Å². The van der Waals surface area contributed by atoms with Crippen molar-refractivity contribution >= 4 is 29.1 Å². The molecule has 6 heteroatoms. The third-order valence-corrected chi connectivity index (χ3v) is 2.74. The normalized spacial score (nSPS) is 11.0. The molecular weight excluding hydrogens is 278 g/mol. The van der Waals surface area contributed by atoms with E-state index < -0.39 is 0 Å². The molecule has 5 nitrogen and oxygen atoms in total. The van der Waals surface area contributed by atoms with Crippen LogP contribution in [0.15, 0.2) is 18.2 Å². The van der Waals surface area contributed by atoms with Crippen LogP contribution >= 0.6 is 11.6 Å². The van der Waals surface area contributed by atoms with Gasteiger partial charge in [-0.05, 0) is 32.9 Å². The van der Waals surface area contributed by atoms with Gasteiger partial charge in [0.05, 0.1) is 10.6 Å². The van der Waals surface area contributed by atoms with E-state index in [4.69, 9.17) is 17.3 Å². The average molecular weight is 298 g/mol. The molecule has 0 spiro atoms. The van der Waals surface area contributed by atoms with Gasteiger partial charge in [-0.2, -0.15) is 0 Å². The molecule has 0 aliphatic rings. The van der Waals surface area contributed by atoms with Gasteiger partial charge in [0.25, 0.3) is 5.91 Å². The van der Waals surface area contributed by atoms with Crippen LogP contribution in [-0.2, 0) is 4.79 Å². The summed E-state index contributed by atoms with van der Waals surface area (Å²) in [5.41, 5.74) is 5.98. The fourth-order valence-corrected chi connectivity index (χ4v) is 1.91. The molecule has 1 aromatic rings. The van der Waals surface area contributed by atoms with Gasteiger partial charge >= 0.3 is 0 Å².